The van der Waals surface area contributed by atoms with Crippen molar-refractivity contribution in [1.29, 1.82) is 0 Å². The fourth-order valence-corrected chi connectivity index (χ4v) is 2.84. The van der Waals surface area contributed by atoms with Gasteiger partial charge in [0, 0.05) is 38.4 Å². The molecule has 2 heterocycles. The smallest absolute Gasteiger partial charge is 0.157 e. The standard InChI is InChI=1S/C17H24N6/c1-2-8-19-16-15(18)17(21-13-20-16)23-11-9-22(10-12-23)14-6-4-3-5-7-14/h3-7,13H,2,8-12,18H2,1H3,(H,19,20,21). The lowest BCUT2D eigenvalue weighted by atomic mass is 10.2. The molecule has 1 aliphatic rings. The third-order valence-electron chi connectivity index (χ3n) is 4.11. The van der Waals surface area contributed by atoms with Crippen LogP contribution < -0.4 is 20.9 Å². The molecule has 1 aromatic heterocycles. The van der Waals surface area contributed by atoms with Crippen LogP contribution in [0, 0.1) is 0 Å². The predicted octanol–water partition coefficient (Wildman–Crippen LogP) is 2.21. The molecule has 1 aromatic carbocycles. The Balaban J connectivity index is 1.68. The molecular formula is C17H24N6. The number of nitrogens with zero attached hydrogens (tertiary/aromatic N) is 4. The van der Waals surface area contributed by atoms with Crippen LogP contribution in [0.2, 0.25) is 0 Å². The molecule has 0 aliphatic carbocycles. The number of piperazine rings is 1. The van der Waals surface area contributed by atoms with Gasteiger partial charge in [-0.2, -0.15) is 0 Å². The number of hydrogen-bond donors (Lipinski definition) is 2. The van der Waals surface area contributed by atoms with Crippen molar-refractivity contribution < 1.29 is 0 Å². The van der Waals surface area contributed by atoms with E-state index in [-0.39, 0.29) is 0 Å². The summed E-state index contributed by atoms with van der Waals surface area (Å²) >= 11 is 0. The molecule has 0 bridgehead atoms. The number of rotatable bonds is 5. The van der Waals surface area contributed by atoms with E-state index in [2.05, 4.69) is 56.3 Å². The second-order valence-electron chi connectivity index (χ2n) is 5.70. The maximum Gasteiger partial charge on any atom is 0.157 e. The van der Waals surface area contributed by atoms with E-state index in [1.807, 2.05) is 6.07 Å². The van der Waals surface area contributed by atoms with E-state index in [1.54, 1.807) is 6.33 Å². The molecule has 6 heteroatoms. The molecule has 122 valence electrons. The van der Waals surface area contributed by atoms with E-state index < -0.39 is 0 Å². The molecule has 2 aromatic rings. The van der Waals surface area contributed by atoms with Crippen molar-refractivity contribution in [3.05, 3.63) is 36.7 Å². The van der Waals surface area contributed by atoms with Crippen LogP contribution in [0.25, 0.3) is 0 Å². The zero-order valence-electron chi connectivity index (χ0n) is 13.6. The van der Waals surface area contributed by atoms with E-state index in [0.29, 0.717) is 5.69 Å². The van der Waals surface area contributed by atoms with Gasteiger partial charge in [0.2, 0.25) is 0 Å². The first-order valence-electron chi connectivity index (χ1n) is 8.19. The SMILES string of the molecule is CCCNc1ncnc(N2CCN(c3ccccc3)CC2)c1N. The molecule has 0 unspecified atom stereocenters. The van der Waals surface area contributed by atoms with Gasteiger partial charge >= 0.3 is 0 Å². The van der Waals surface area contributed by atoms with Crippen molar-refractivity contribution in [2.24, 2.45) is 0 Å². The van der Waals surface area contributed by atoms with E-state index >= 15 is 0 Å². The Morgan fingerprint density at radius 1 is 1.04 bits per heavy atom. The minimum atomic E-state index is 0.647. The first-order chi connectivity index (χ1) is 11.3. The summed E-state index contributed by atoms with van der Waals surface area (Å²) in [6.45, 7) is 6.72. The topological polar surface area (TPSA) is 70.3 Å². The monoisotopic (exact) mass is 312 g/mol. The van der Waals surface area contributed by atoms with Crippen molar-refractivity contribution in [3.8, 4) is 0 Å². The zero-order chi connectivity index (χ0) is 16.1. The Morgan fingerprint density at radius 3 is 2.43 bits per heavy atom. The normalized spacial score (nSPS) is 14.8. The molecule has 0 atom stereocenters. The Labute approximate surface area is 137 Å². The van der Waals surface area contributed by atoms with Crippen LogP contribution in [-0.2, 0) is 0 Å². The third kappa shape index (κ3) is 3.47. The number of para-hydroxylation sites is 1. The van der Waals surface area contributed by atoms with Gasteiger partial charge in [-0.15, -0.1) is 0 Å². The number of nitrogens with two attached hydrogens (primary N) is 1. The quantitative estimate of drug-likeness (QED) is 0.882. The summed E-state index contributed by atoms with van der Waals surface area (Å²) in [5, 5.41) is 3.26. The van der Waals surface area contributed by atoms with Crippen molar-refractivity contribution in [2.75, 3.05) is 53.6 Å². The van der Waals surface area contributed by atoms with Gasteiger partial charge in [-0.3, -0.25) is 0 Å². The molecule has 3 N–H and O–H groups in total. The lowest BCUT2D eigenvalue weighted by Crippen LogP contribution is -2.47. The molecule has 0 spiro atoms. The molecule has 1 fully saturated rings. The molecule has 0 saturated carbocycles. The molecular weight excluding hydrogens is 288 g/mol. The Morgan fingerprint density at radius 2 is 1.74 bits per heavy atom. The van der Waals surface area contributed by atoms with Gasteiger partial charge in [-0.25, -0.2) is 9.97 Å². The van der Waals surface area contributed by atoms with Crippen molar-refractivity contribution in [1.82, 2.24) is 9.97 Å². The van der Waals surface area contributed by atoms with Crippen molar-refractivity contribution in [3.63, 3.8) is 0 Å². The summed E-state index contributed by atoms with van der Waals surface area (Å²) < 4.78 is 0. The minimum absolute atomic E-state index is 0.647. The largest absolute Gasteiger partial charge is 0.393 e. The molecule has 0 radical (unpaired) electrons. The van der Waals surface area contributed by atoms with Crippen LogP contribution in [0.1, 0.15) is 13.3 Å². The van der Waals surface area contributed by atoms with Gasteiger partial charge in [0.1, 0.15) is 12.0 Å². The van der Waals surface area contributed by atoms with Crippen molar-refractivity contribution in [2.45, 2.75) is 13.3 Å². The second-order valence-corrected chi connectivity index (χ2v) is 5.70. The van der Waals surface area contributed by atoms with Crippen LogP contribution in [0.5, 0.6) is 0 Å². The third-order valence-corrected chi connectivity index (χ3v) is 4.11. The Hall–Kier alpha value is -2.50. The molecule has 3 rings (SSSR count). The number of nitrogen functional groups attached to an aromatic ring is 1. The summed E-state index contributed by atoms with van der Waals surface area (Å²) in [5.74, 6) is 1.58. The summed E-state index contributed by atoms with van der Waals surface area (Å²) in [6, 6.07) is 10.5. The fraction of sp³-hybridized carbons (Fsp3) is 0.412. The van der Waals surface area contributed by atoms with E-state index in [4.69, 9.17) is 5.73 Å². The van der Waals surface area contributed by atoms with E-state index in [9.17, 15) is 0 Å². The van der Waals surface area contributed by atoms with E-state index in [1.165, 1.54) is 5.69 Å². The van der Waals surface area contributed by atoms with Gasteiger partial charge in [-0.1, -0.05) is 25.1 Å². The Kier molecular flexibility index (Phi) is 4.80. The highest BCUT2D eigenvalue weighted by molar-refractivity contribution is 5.75. The van der Waals surface area contributed by atoms with Crippen LogP contribution in [0.4, 0.5) is 23.0 Å². The van der Waals surface area contributed by atoms with Crippen LogP contribution in [-0.4, -0.2) is 42.7 Å². The van der Waals surface area contributed by atoms with Crippen LogP contribution in [0.3, 0.4) is 0 Å². The van der Waals surface area contributed by atoms with Gasteiger partial charge < -0.3 is 20.9 Å². The average Bonchev–Trinajstić information content (AvgIpc) is 2.62. The lowest BCUT2D eigenvalue weighted by Gasteiger charge is -2.37. The fourth-order valence-electron chi connectivity index (χ4n) is 2.84. The van der Waals surface area contributed by atoms with Gasteiger partial charge in [0.15, 0.2) is 11.6 Å². The molecule has 1 aliphatic heterocycles. The van der Waals surface area contributed by atoms with Crippen molar-refractivity contribution >= 4 is 23.0 Å². The maximum atomic E-state index is 6.26. The summed E-state index contributed by atoms with van der Waals surface area (Å²) in [5.41, 5.74) is 8.18. The number of benzene rings is 1. The van der Waals surface area contributed by atoms with E-state index in [0.717, 1.165) is 50.8 Å². The predicted molar refractivity (Wildman–Crippen MR) is 96.1 cm³/mol. The molecule has 0 amide bonds. The second kappa shape index (κ2) is 7.17. The number of anilines is 4. The van der Waals surface area contributed by atoms with Crippen LogP contribution in [0.15, 0.2) is 36.7 Å². The number of aromatic nitrogens is 2. The highest BCUT2D eigenvalue weighted by atomic mass is 15.3. The molecule has 6 nitrogen and oxygen atoms in total. The Bertz CT molecular complexity index is 622. The zero-order valence-corrected chi connectivity index (χ0v) is 13.6. The number of nitrogens with one attached hydrogen (secondary N) is 1. The summed E-state index contributed by atoms with van der Waals surface area (Å²) in [6.07, 6.45) is 2.63. The maximum absolute atomic E-state index is 6.26. The first-order valence-corrected chi connectivity index (χ1v) is 8.19. The van der Waals surface area contributed by atoms with Gasteiger partial charge in [0.05, 0.1) is 0 Å². The summed E-state index contributed by atoms with van der Waals surface area (Å²) in [7, 11) is 0. The lowest BCUT2D eigenvalue weighted by molar-refractivity contribution is 0.647. The highest BCUT2D eigenvalue weighted by Crippen LogP contribution is 2.27. The number of hydrogen-bond acceptors (Lipinski definition) is 6. The molecule has 1 saturated heterocycles. The summed E-state index contributed by atoms with van der Waals surface area (Å²) in [4.78, 5) is 13.3. The average molecular weight is 312 g/mol. The minimum Gasteiger partial charge on any atom is -0.393 e. The van der Waals surface area contributed by atoms with Crippen LogP contribution >= 0.6 is 0 Å². The first kappa shape index (κ1) is 15.4. The van der Waals surface area contributed by atoms with Gasteiger partial charge in [0.25, 0.3) is 0 Å². The van der Waals surface area contributed by atoms with Gasteiger partial charge in [-0.05, 0) is 18.6 Å². The highest BCUT2D eigenvalue weighted by Gasteiger charge is 2.21. The molecule has 23 heavy (non-hydrogen) atoms.